The minimum atomic E-state index is -1.11. The lowest BCUT2D eigenvalue weighted by atomic mass is 10.0. The van der Waals surface area contributed by atoms with Gasteiger partial charge >= 0.3 is 11.9 Å². The highest BCUT2D eigenvalue weighted by Crippen LogP contribution is 2.30. The number of benzene rings is 6. The third kappa shape index (κ3) is 9.43. The van der Waals surface area contributed by atoms with E-state index in [-0.39, 0.29) is 46.8 Å². The van der Waals surface area contributed by atoms with E-state index in [1.807, 2.05) is 6.07 Å². The van der Waals surface area contributed by atoms with Gasteiger partial charge in [0.05, 0.1) is 28.3 Å². The number of nitriles is 2. The van der Waals surface area contributed by atoms with Gasteiger partial charge in [-0.25, -0.2) is 31.5 Å². The molecule has 0 aliphatic rings. The fourth-order valence-corrected chi connectivity index (χ4v) is 5.31. The maximum absolute atomic E-state index is 15.0. The van der Waals surface area contributed by atoms with Gasteiger partial charge in [-0.3, -0.25) is 0 Å². The van der Waals surface area contributed by atoms with Crippen LogP contribution in [0.25, 0.3) is 22.3 Å². The summed E-state index contributed by atoms with van der Waals surface area (Å²) in [6.45, 7) is 0.250. The lowest BCUT2D eigenvalue weighted by molar-refractivity contribution is 0.0719. The lowest BCUT2D eigenvalue weighted by Gasteiger charge is -2.10. The van der Waals surface area contributed by atoms with Gasteiger partial charge in [-0.15, -0.1) is 0 Å². The minimum Gasteiger partial charge on any atom is -0.423 e. The average Bonchev–Trinajstić information content (AvgIpc) is 3.15. The Hall–Kier alpha value is -7.19. The van der Waals surface area contributed by atoms with Crippen molar-refractivity contribution in [2.75, 3.05) is 6.67 Å². The van der Waals surface area contributed by atoms with Gasteiger partial charge in [0.25, 0.3) is 0 Å². The Morgan fingerprint density at radius 2 is 1.00 bits per heavy atom. The molecule has 0 fully saturated rings. The van der Waals surface area contributed by atoms with E-state index in [2.05, 4.69) is 11.5 Å². The second-order valence-corrected chi connectivity index (χ2v) is 11.6. The Balaban J connectivity index is 0.00000187. The molecule has 13 heteroatoms. The molecule has 0 saturated heterocycles. The summed E-state index contributed by atoms with van der Waals surface area (Å²) in [6, 6.07) is 27.9. The number of rotatable bonds is 8. The van der Waals surface area contributed by atoms with Crippen molar-refractivity contribution in [3.63, 3.8) is 0 Å². The van der Waals surface area contributed by atoms with Gasteiger partial charge in [-0.05, 0) is 101 Å². The number of nitrogens with two attached hydrogens (primary N) is 2. The van der Waals surface area contributed by atoms with E-state index in [0.717, 1.165) is 36.4 Å². The molecule has 0 radical (unpaired) electrons. The summed E-state index contributed by atoms with van der Waals surface area (Å²) < 4.78 is 83.9. The van der Waals surface area contributed by atoms with Gasteiger partial charge in [0.1, 0.15) is 46.7 Å². The second kappa shape index (κ2) is 17.6. The summed E-state index contributed by atoms with van der Waals surface area (Å²) in [7, 11) is 0. The molecule has 0 bridgehead atoms. The largest absolute Gasteiger partial charge is 0.423 e. The predicted molar refractivity (Wildman–Crippen MR) is 192 cm³/mol. The minimum absolute atomic E-state index is 0.0119. The molecule has 0 aliphatic heterocycles. The standard InChI is InChI=1S/C41H21F5N2O4.CH6N2/c42-35-18-27(7-8-28(35)22-48)32-14-10-30(20-39(32)46)52-41(50)34-12-4-25(17-37(34)44)15-24-3-11-33(36(43)16-24)40(49)51-29-9-13-31(38(45)19-29)26-5-1-23(21-47)2-6-26;2-1-3/h1-14,16-20H,15H2;1-3H2. The van der Waals surface area contributed by atoms with Crippen LogP contribution in [0.5, 0.6) is 11.5 Å². The van der Waals surface area contributed by atoms with Crippen LogP contribution >= 0.6 is 0 Å². The zero-order valence-electron chi connectivity index (χ0n) is 28.5. The summed E-state index contributed by atoms with van der Waals surface area (Å²) in [4.78, 5) is 25.4. The molecule has 0 spiro atoms. The van der Waals surface area contributed by atoms with Gasteiger partial charge in [0.2, 0.25) is 0 Å². The number of ether oxygens (including phenoxy) is 2. The van der Waals surface area contributed by atoms with E-state index in [4.69, 9.17) is 20.0 Å². The molecule has 0 aromatic heterocycles. The first-order chi connectivity index (χ1) is 26.4. The molecule has 6 aromatic rings. The zero-order valence-corrected chi connectivity index (χ0v) is 28.5. The van der Waals surface area contributed by atoms with Crippen LogP contribution < -0.4 is 20.9 Å². The highest BCUT2D eigenvalue weighted by Gasteiger charge is 2.19. The quantitative estimate of drug-likeness (QED) is 0.0683. The maximum atomic E-state index is 15.0. The van der Waals surface area contributed by atoms with E-state index < -0.39 is 52.2 Å². The number of carbonyl (C=O) groups excluding carboxylic acids is 2. The van der Waals surface area contributed by atoms with Gasteiger partial charge < -0.3 is 20.9 Å². The first-order valence-corrected chi connectivity index (χ1v) is 16.2. The van der Waals surface area contributed by atoms with Crippen LogP contribution in [0.2, 0.25) is 0 Å². The van der Waals surface area contributed by atoms with Crippen molar-refractivity contribution in [3.05, 3.63) is 178 Å². The Morgan fingerprint density at radius 3 is 1.42 bits per heavy atom. The van der Waals surface area contributed by atoms with Crippen molar-refractivity contribution in [3.8, 4) is 45.9 Å². The Labute approximate surface area is 311 Å². The van der Waals surface area contributed by atoms with E-state index >= 15 is 4.39 Å². The number of esters is 2. The average molecular weight is 747 g/mol. The van der Waals surface area contributed by atoms with Crippen LogP contribution in [0.3, 0.4) is 0 Å². The SMILES string of the molecule is N#Cc1ccc(-c2ccc(OC(=O)c3ccc(Cc4ccc(C(=O)Oc5ccc(-c6ccc(C#N)c(F)c6)c(F)c5)c(F)c4)cc3F)cc2F)cc1.NCN. The molecule has 0 unspecified atom stereocenters. The van der Waals surface area contributed by atoms with Gasteiger partial charge in [0, 0.05) is 29.9 Å². The molecule has 6 rings (SSSR count). The Morgan fingerprint density at radius 1 is 0.527 bits per heavy atom. The van der Waals surface area contributed by atoms with Crippen LogP contribution in [-0.2, 0) is 6.42 Å². The van der Waals surface area contributed by atoms with Gasteiger partial charge in [-0.1, -0.05) is 30.3 Å². The van der Waals surface area contributed by atoms with Crippen LogP contribution in [0.1, 0.15) is 43.0 Å². The third-order valence-corrected chi connectivity index (χ3v) is 7.94. The molecule has 8 nitrogen and oxygen atoms in total. The number of halogens is 5. The third-order valence-electron chi connectivity index (χ3n) is 7.94. The van der Waals surface area contributed by atoms with Crippen molar-refractivity contribution in [1.82, 2.24) is 0 Å². The van der Waals surface area contributed by atoms with E-state index in [1.54, 1.807) is 18.2 Å². The molecule has 0 amide bonds. The van der Waals surface area contributed by atoms with Crippen molar-refractivity contribution in [2.45, 2.75) is 6.42 Å². The summed E-state index contributed by atoms with van der Waals surface area (Å²) in [5.41, 5.74) is 10.2. The molecule has 274 valence electrons. The first-order valence-electron chi connectivity index (χ1n) is 16.2. The normalized spacial score (nSPS) is 10.3. The topological polar surface area (TPSA) is 152 Å². The fraction of sp³-hybridized carbons (Fsp3) is 0.0476. The number of nitrogens with zero attached hydrogens (tertiary/aromatic N) is 2. The molecule has 0 heterocycles. The molecule has 0 atom stereocenters. The van der Waals surface area contributed by atoms with Crippen LogP contribution in [-0.4, -0.2) is 18.6 Å². The van der Waals surface area contributed by atoms with Crippen LogP contribution in [0.4, 0.5) is 22.0 Å². The van der Waals surface area contributed by atoms with E-state index in [0.29, 0.717) is 22.3 Å². The van der Waals surface area contributed by atoms with Crippen molar-refractivity contribution in [1.29, 1.82) is 10.5 Å². The number of hydrogen-bond acceptors (Lipinski definition) is 8. The maximum Gasteiger partial charge on any atom is 0.346 e. The lowest BCUT2D eigenvalue weighted by Crippen LogP contribution is -2.12. The van der Waals surface area contributed by atoms with Crippen LogP contribution in [0.15, 0.2) is 115 Å². The predicted octanol–water partition coefficient (Wildman–Crippen LogP) is 8.35. The zero-order chi connectivity index (χ0) is 39.6. The fourth-order valence-electron chi connectivity index (χ4n) is 5.31. The summed E-state index contributed by atoms with van der Waals surface area (Å²) in [5, 5.41) is 17.8. The highest BCUT2D eigenvalue weighted by atomic mass is 19.1. The number of carbonyl (C=O) groups is 2. The van der Waals surface area contributed by atoms with Gasteiger partial charge in [-0.2, -0.15) is 10.5 Å². The van der Waals surface area contributed by atoms with Crippen LogP contribution in [0, 0.1) is 51.7 Å². The second-order valence-electron chi connectivity index (χ2n) is 11.6. The van der Waals surface area contributed by atoms with Crippen molar-refractivity contribution >= 4 is 11.9 Å². The Kier molecular flexibility index (Phi) is 12.5. The monoisotopic (exact) mass is 746 g/mol. The van der Waals surface area contributed by atoms with Gasteiger partial charge in [0.15, 0.2) is 0 Å². The highest BCUT2D eigenvalue weighted by molar-refractivity contribution is 5.92. The van der Waals surface area contributed by atoms with Crippen molar-refractivity contribution < 1.29 is 41.0 Å². The van der Waals surface area contributed by atoms with E-state index in [1.165, 1.54) is 66.7 Å². The Bertz CT molecular complexity index is 2500. The summed E-state index contributed by atoms with van der Waals surface area (Å²) in [6.07, 6.45) is 0.0170. The summed E-state index contributed by atoms with van der Waals surface area (Å²) in [5.74, 6) is -6.82. The molecular weight excluding hydrogens is 719 g/mol. The molecule has 4 N–H and O–H groups in total. The first kappa shape index (κ1) is 39.0. The number of hydrogen-bond donors (Lipinski definition) is 2. The molecule has 0 saturated carbocycles. The van der Waals surface area contributed by atoms with E-state index in [9.17, 15) is 27.2 Å². The molecule has 6 aromatic carbocycles. The molecule has 55 heavy (non-hydrogen) atoms. The molecule has 0 aliphatic carbocycles. The smallest absolute Gasteiger partial charge is 0.346 e. The molecular formula is C42H27F5N4O4. The summed E-state index contributed by atoms with van der Waals surface area (Å²) >= 11 is 0. The van der Waals surface area contributed by atoms with Crippen molar-refractivity contribution in [2.24, 2.45) is 11.5 Å².